The van der Waals surface area contributed by atoms with Gasteiger partial charge >= 0.3 is 11.9 Å². The number of carbonyl (C=O) groups excluding carboxylic acids is 2. The highest BCUT2D eigenvalue weighted by Crippen LogP contribution is 2.12. The Morgan fingerprint density at radius 1 is 0.808 bits per heavy atom. The van der Waals surface area contributed by atoms with E-state index in [0.29, 0.717) is 44.0 Å². The van der Waals surface area contributed by atoms with Gasteiger partial charge in [-0.3, -0.25) is 0 Å². The molecule has 0 amide bonds. The van der Waals surface area contributed by atoms with Crippen LogP contribution >= 0.6 is 0 Å². The molecular formula is C20H26O6. The van der Waals surface area contributed by atoms with Gasteiger partial charge in [-0.1, -0.05) is 25.3 Å². The second kappa shape index (κ2) is 11.9. The second-order valence-corrected chi connectivity index (χ2v) is 5.69. The van der Waals surface area contributed by atoms with Gasteiger partial charge in [0, 0.05) is 17.6 Å². The van der Waals surface area contributed by atoms with Crippen LogP contribution in [0.3, 0.4) is 0 Å². The molecule has 6 heteroatoms. The standard InChI is InChI=1S/C20H26O6/c1-15(2)19(21)25-10-9-17-5-7-18(8-6-17)24-13-11-23-12-14-26-20(22)16(3)4/h5-8H,1,3,9-14H2,2,4H3. The van der Waals surface area contributed by atoms with Crippen LogP contribution in [0.5, 0.6) is 5.75 Å². The van der Waals surface area contributed by atoms with Crippen LogP contribution in [0.1, 0.15) is 19.4 Å². The van der Waals surface area contributed by atoms with Gasteiger partial charge in [0.2, 0.25) is 0 Å². The third-order valence-electron chi connectivity index (χ3n) is 3.20. The fourth-order valence-corrected chi connectivity index (χ4v) is 1.77. The Morgan fingerprint density at radius 2 is 1.35 bits per heavy atom. The minimum atomic E-state index is -0.417. The van der Waals surface area contributed by atoms with Crippen molar-refractivity contribution in [3.63, 3.8) is 0 Å². The van der Waals surface area contributed by atoms with Crippen molar-refractivity contribution in [1.82, 2.24) is 0 Å². The fraction of sp³-hybridized carbons (Fsp3) is 0.400. The van der Waals surface area contributed by atoms with Crippen molar-refractivity contribution in [3.8, 4) is 5.75 Å². The van der Waals surface area contributed by atoms with E-state index in [0.717, 1.165) is 11.3 Å². The average molecular weight is 362 g/mol. The fourth-order valence-electron chi connectivity index (χ4n) is 1.77. The maximum Gasteiger partial charge on any atom is 0.333 e. The molecule has 0 fully saturated rings. The van der Waals surface area contributed by atoms with E-state index in [1.165, 1.54) is 0 Å². The van der Waals surface area contributed by atoms with E-state index in [4.69, 9.17) is 18.9 Å². The Kier molecular flexibility index (Phi) is 9.79. The Morgan fingerprint density at radius 3 is 1.92 bits per heavy atom. The van der Waals surface area contributed by atoms with Gasteiger partial charge in [-0.15, -0.1) is 0 Å². The summed E-state index contributed by atoms with van der Waals surface area (Å²) in [6.45, 7) is 11.8. The lowest BCUT2D eigenvalue weighted by Gasteiger charge is -2.09. The smallest absolute Gasteiger partial charge is 0.333 e. The van der Waals surface area contributed by atoms with E-state index in [2.05, 4.69) is 13.2 Å². The van der Waals surface area contributed by atoms with Crippen molar-refractivity contribution in [2.75, 3.05) is 33.0 Å². The monoisotopic (exact) mass is 362 g/mol. The lowest BCUT2D eigenvalue weighted by molar-refractivity contribution is -0.140. The molecular weight excluding hydrogens is 336 g/mol. The molecule has 0 atom stereocenters. The predicted molar refractivity (Wildman–Crippen MR) is 98.0 cm³/mol. The molecule has 0 heterocycles. The van der Waals surface area contributed by atoms with Crippen LogP contribution in [0.4, 0.5) is 0 Å². The zero-order valence-electron chi connectivity index (χ0n) is 15.4. The van der Waals surface area contributed by atoms with Gasteiger partial charge in [0.25, 0.3) is 0 Å². The summed E-state index contributed by atoms with van der Waals surface area (Å²) in [4.78, 5) is 22.4. The summed E-state index contributed by atoms with van der Waals surface area (Å²) < 4.78 is 20.8. The third kappa shape index (κ3) is 9.03. The summed E-state index contributed by atoms with van der Waals surface area (Å²) in [6.07, 6.45) is 0.630. The van der Waals surface area contributed by atoms with E-state index in [-0.39, 0.29) is 12.6 Å². The van der Waals surface area contributed by atoms with Gasteiger partial charge in [-0.05, 0) is 31.5 Å². The van der Waals surface area contributed by atoms with E-state index in [1.54, 1.807) is 13.8 Å². The minimum absolute atomic E-state index is 0.191. The van der Waals surface area contributed by atoms with Crippen LogP contribution in [0.2, 0.25) is 0 Å². The summed E-state index contributed by atoms with van der Waals surface area (Å²) in [5, 5.41) is 0. The normalized spacial score (nSPS) is 10.1. The van der Waals surface area contributed by atoms with Gasteiger partial charge in [-0.25, -0.2) is 9.59 Å². The van der Waals surface area contributed by atoms with Crippen molar-refractivity contribution >= 4 is 11.9 Å². The summed E-state index contributed by atoms with van der Waals surface area (Å²) in [6, 6.07) is 7.54. The Balaban J connectivity index is 2.13. The van der Waals surface area contributed by atoms with Crippen molar-refractivity contribution < 1.29 is 28.5 Å². The van der Waals surface area contributed by atoms with Gasteiger partial charge < -0.3 is 18.9 Å². The largest absolute Gasteiger partial charge is 0.491 e. The van der Waals surface area contributed by atoms with Gasteiger partial charge in [0.05, 0.1) is 19.8 Å². The number of ether oxygens (including phenoxy) is 4. The Labute approximate surface area is 154 Å². The number of hydrogen-bond donors (Lipinski definition) is 0. The first-order valence-electron chi connectivity index (χ1n) is 8.35. The minimum Gasteiger partial charge on any atom is -0.491 e. The molecule has 142 valence electrons. The van der Waals surface area contributed by atoms with Crippen molar-refractivity contribution in [3.05, 3.63) is 54.1 Å². The summed E-state index contributed by atoms with van der Waals surface area (Å²) in [7, 11) is 0. The highest BCUT2D eigenvalue weighted by atomic mass is 16.6. The molecule has 0 aliphatic heterocycles. The first kappa shape index (κ1) is 21.4. The highest BCUT2D eigenvalue weighted by molar-refractivity contribution is 5.87. The van der Waals surface area contributed by atoms with E-state index in [9.17, 15) is 9.59 Å². The van der Waals surface area contributed by atoms with Crippen LogP contribution in [-0.4, -0.2) is 45.0 Å². The number of benzene rings is 1. The number of rotatable bonds is 12. The first-order chi connectivity index (χ1) is 12.4. The molecule has 0 unspecified atom stereocenters. The van der Waals surface area contributed by atoms with Crippen LogP contribution in [0.25, 0.3) is 0 Å². The summed E-state index contributed by atoms with van der Waals surface area (Å²) in [5.41, 5.74) is 1.80. The summed E-state index contributed by atoms with van der Waals surface area (Å²) in [5.74, 6) is -0.0660. The van der Waals surface area contributed by atoms with E-state index >= 15 is 0 Å². The molecule has 0 N–H and O–H groups in total. The SMILES string of the molecule is C=C(C)C(=O)OCCOCCOc1ccc(CCOC(=O)C(=C)C)cc1. The van der Waals surface area contributed by atoms with Crippen LogP contribution in [-0.2, 0) is 30.2 Å². The van der Waals surface area contributed by atoms with E-state index in [1.807, 2.05) is 24.3 Å². The molecule has 0 bridgehead atoms. The first-order valence-corrected chi connectivity index (χ1v) is 8.35. The maximum atomic E-state index is 11.3. The van der Waals surface area contributed by atoms with Crippen LogP contribution in [0.15, 0.2) is 48.6 Å². The van der Waals surface area contributed by atoms with E-state index < -0.39 is 5.97 Å². The number of carbonyl (C=O) groups is 2. The number of esters is 2. The quantitative estimate of drug-likeness (QED) is 0.323. The lowest BCUT2D eigenvalue weighted by Crippen LogP contribution is -2.13. The molecule has 0 aliphatic carbocycles. The molecule has 26 heavy (non-hydrogen) atoms. The van der Waals surface area contributed by atoms with Crippen molar-refractivity contribution in [1.29, 1.82) is 0 Å². The second-order valence-electron chi connectivity index (χ2n) is 5.69. The Hall–Kier alpha value is -2.60. The van der Waals surface area contributed by atoms with Crippen LogP contribution in [0, 0.1) is 0 Å². The molecule has 0 aliphatic rings. The lowest BCUT2D eigenvalue weighted by atomic mass is 10.1. The van der Waals surface area contributed by atoms with Crippen molar-refractivity contribution in [2.45, 2.75) is 20.3 Å². The molecule has 1 aromatic rings. The van der Waals surface area contributed by atoms with Gasteiger partial charge in [0.15, 0.2) is 0 Å². The van der Waals surface area contributed by atoms with Gasteiger partial charge in [0.1, 0.15) is 19.0 Å². The van der Waals surface area contributed by atoms with Crippen molar-refractivity contribution in [2.24, 2.45) is 0 Å². The Bertz CT molecular complexity index is 618. The summed E-state index contributed by atoms with van der Waals surface area (Å²) >= 11 is 0. The molecule has 1 rings (SSSR count). The maximum absolute atomic E-state index is 11.3. The molecule has 0 saturated carbocycles. The van der Waals surface area contributed by atoms with Crippen LogP contribution < -0.4 is 4.74 Å². The topological polar surface area (TPSA) is 71.1 Å². The zero-order chi connectivity index (χ0) is 19.4. The molecule has 1 aromatic carbocycles. The third-order valence-corrected chi connectivity index (χ3v) is 3.20. The molecule has 0 spiro atoms. The highest BCUT2D eigenvalue weighted by Gasteiger charge is 2.04. The van der Waals surface area contributed by atoms with Gasteiger partial charge in [-0.2, -0.15) is 0 Å². The molecule has 0 radical (unpaired) electrons. The molecule has 6 nitrogen and oxygen atoms in total. The molecule has 0 saturated heterocycles. The zero-order valence-corrected chi connectivity index (χ0v) is 15.4. The predicted octanol–water partition coefficient (Wildman–Crippen LogP) is 2.86. The molecule has 0 aromatic heterocycles. The average Bonchev–Trinajstić information content (AvgIpc) is 2.61. The number of hydrogen-bond acceptors (Lipinski definition) is 6.